The zero-order chi connectivity index (χ0) is 26.6. The molecular weight excluding hydrogens is 486 g/mol. The van der Waals surface area contributed by atoms with Crippen molar-refractivity contribution in [3.8, 4) is 0 Å². The number of aromatic nitrogens is 2. The number of pyridine rings is 2. The van der Waals surface area contributed by atoms with E-state index in [4.69, 9.17) is 0 Å². The fourth-order valence-electron chi connectivity index (χ4n) is 6.28. The molecule has 2 saturated heterocycles. The molecule has 0 saturated carbocycles. The molecule has 1 amide bonds. The number of piperidine rings is 2. The van der Waals surface area contributed by atoms with E-state index in [1.165, 1.54) is 5.56 Å². The number of carbonyl (C=O) groups is 1. The van der Waals surface area contributed by atoms with Gasteiger partial charge in [0.25, 0.3) is 5.91 Å². The van der Waals surface area contributed by atoms with Gasteiger partial charge in [0.15, 0.2) is 0 Å². The zero-order valence-corrected chi connectivity index (χ0v) is 22.7. The van der Waals surface area contributed by atoms with E-state index in [9.17, 15) is 9.90 Å². The van der Waals surface area contributed by atoms with Crippen LogP contribution in [-0.2, 0) is 0 Å². The van der Waals surface area contributed by atoms with E-state index >= 15 is 0 Å². The van der Waals surface area contributed by atoms with Crippen molar-refractivity contribution in [2.45, 2.75) is 59.4 Å². The van der Waals surface area contributed by atoms with Crippen LogP contribution < -0.4 is 10.2 Å². The van der Waals surface area contributed by atoms with Crippen LogP contribution in [0.2, 0.25) is 0 Å². The summed E-state index contributed by atoms with van der Waals surface area (Å²) in [6.07, 6.45) is 6.49. The Morgan fingerprint density at radius 3 is 2.33 bits per heavy atom. The number of aliphatic hydroxyl groups is 1. The summed E-state index contributed by atoms with van der Waals surface area (Å²) in [4.78, 5) is 27.2. The van der Waals surface area contributed by atoms with E-state index in [0.717, 1.165) is 66.2 Å². The molecule has 208 valence electrons. The number of amides is 1. The third-order valence-corrected chi connectivity index (χ3v) is 8.33. The molecule has 2 atom stereocenters. The van der Waals surface area contributed by atoms with Crippen LogP contribution in [0.1, 0.15) is 65.3 Å². The molecule has 2 aromatic heterocycles. The monoisotopic (exact) mass is 529 g/mol. The lowest BCUT2D eigenvalue weighted by atomic mass is 9.82. The maximum atomic E-state index is 13.9. The van der Waals surface area contributed by atoms with Gasteiger partial charge in [0.2, 0.25) is 0 Å². The Balaban J connectivity index is 0.00000353. The lowest BCUT2D eigenvalue weighted by molar-refractivity contribution is 0.0573. The van der Waals surface area contributed by atoms with E-state index in [0.29, 0.717) is 19.1 Å². The van der Waals surface area contributed by atoms with E-state index in [1.54, 1.807) is 6.20 Å². The fourth-order valence-corrected chi connectivity index (χ4v) is 6.28. The highest BCUT2D eigenvalue weighted by Gasteiger charge is 2.34. The minimum absolute atomic E-state index is 0. The number of carbonyl (C=O) groups excluding carboxylic acids is 1. The van der Waals surface area contributed by atoms with Gasteiger partial charge >= 0.3 is 0 Å². The van der Waals surface area contributed by atoms with Crippen molar-refractivity contribution >= 4 is 17.4 Å². The van der Waals surface area contributed by atoms with Gasteiger partial charge < -0.3 is 20.2 Å². The summed E-state index contributed by atoms with van der Waals surface area (Å²) in [5, 5.41) is 14.0. The first-order chi connectivity index (χ1) is 18.5. The maximum Gasteiger partial charge on any atom is 0.254 e. The molecule has 2 fully saturated rings. The molecule has 1 unspecified atom stereocenters. The maximum absolute atomic E-state index is 13.9. The van der Waals surface area contributed by atoms with E-state index in [2.05, 4.69) is 46.2 Å². The number of nitrogens with one attached hydrogen (secondary N) is 1. The number of hydrogen-bond acceptors (Lipinski definition) is 6. The Labute approximate surface area is 233 Å². The summed E-state index contributed by atoms with van der Waals surface area (Å²) in [7, 11) is 0. The predicted octanol–water partition coefficient (Wildman–Crippen LogP) is 5.36. The van der Waals surface area contributed by atoms with Gasteiger partial charge in [-0.1, -0.05) is 25.6 Å². The molecule has 0 aliphatic carbocycles. The molecule has 0 radical (unpaired) electrons. The lowest BCUT2D eigenvalue weighted by Crippen LogP contribution is -2.45. The number of aliphatic hydroxyl groups excluding tert-OH is 1. The van der Waals surface area contributed by atoms with Crippen LogP contribution in [0.4, 0.5) is 11.5 Å². The van der Waals surface area contributed by atoms with Crippen LogP contribution in [0.3, 0.4) is 0 Å². The Hall–Kier alpha value is -3.45. The second-order valence-electron chi connectivity index (χ2n) is 10.8. The first-order valence-corrected chi connectivity index (χ1v) is 13.8. The van der Waals surface area contributed by atoms with Crippen molar-refractivity contribution in [2.24, 2.45) is 5.92 Å². The van der Waals surface area contributed by atoms with Crippen LogP contribution in [0.25, 0.3) is 0 Å². The minimum Gasteiger partial charge on any atom is -0.396 e. The molecule has 4 heterocycles. The smallest absolute Gasteiger partial charge is 0.254 e. The Morgan fingerprint density at radius 1 is 0.974 bits per heavy atom. The van der Waals surface area contributed by atoms with Crippen molar-refractivity contribution < 1.29 is 9.90 Å². The van der Waals surface area contributed by atoms with Gasteiger partial charge in [0.05, 0.1) is 0 Å². The molecular formula is C32H43N5O2. The number of benzene rings is 1. The molecule has 7 heteroatoms. The molecule has 2 N–H and O–H groups in total. The first-order valence-electron chi connectivity index (χ1n) is 13.8. The Morgan fingerprint density at radius 2 is 1.69 bits per heavy atom. The van der Waals surface area contributed by atoms with E-state index in [-0.39, 0.29) is 31.8 Å². The topological polar surface area (TPSA) is 81.6 Å². The predicted molar refractivity (Wildman–Crippen MR) is 159 cm³/mol. The summed E-state index contributed by atoms with van der Waals surface area (Å²) in [5.74, 6) is 1.25. The number of anilines is 2. The quantitative estimate of drug-likeness (QED) is 0.448. The second kappa shape index (κ2) is 12.6. The largest absolute Gasteiger partial charge is 0.396 e. The van der Waals surface area contributed by atoms with Crippen molar-refractivity contribution in [3.63, 3.8) is 0 Å². The standard InChI is InChI=1S/C31H39N5O2.CH4/c1-21-18-22(2)30(34-25-10-15-35(16-11-25)28-9-5-7-14-33-28)23(3)29(21)31(38)36-17-12-26(24(19-36)20-37)27-8-4-6-13-32-27;/h4-9,13-14,18,24-26,34,37H,10-12,15-17,19-20H2,1-3H3;1H4/t24-,26?;/m0./s1. The van der Waals surface area contributed by atoms with Crippen LogP contribution in [0.15, 0.2) is 54.9 Å². The number of rotatable bonds is 6. The Kier molecular flexibility index (Phi) is 9.23. The van der Waals surface area contributed by atoms with Crippen LogP contribution in [-0.4, -0.2) is 64.7 Å². The second-order valence-corrected chi connectivity index (χ2v) is 10.8. The van der Waals surface area contributed by atoms with Gasteiger partial charge in [0, 0.05) is 80.0 Å². The van der Waals surface area contributed by atoms with Gasteiger partial charge in [-0.15, -0.1) is 0 Å². The van der Waals surface area contributed by atoms with Gasteiger partial charge in [-0.3, -0.25) is 9.78 Å². The highest BCUT2D eigenvalue weighted by atomic mass is 16.3. The highest BCUT2D eigenvalue weighted by Crippen LogP contribution is 2.35. The molecule has 2 aliphatic rings. The van der Waals surface area contributed by atoms with Crippen molar-refractivity contribution in [2.75, 3.05) is 43.0 Å². The first kappa shape index (κ1) is 28.6. The number of nitrogens with zero attached hydrogens (tertiary/aromatic N) is 4. The van der Waals surface area contributed by atoms with Gasteiger partial charge in [-0.05, 0) is 81.0 Å². The van der Waals surface area contributed by atoms with Gasteiger partial charge in [-0.2, -0.15) is 0 Å². The molecule has 3 aromatic rings. The average molecular weight is 530 g/mol. The molecule has 1 aromatic carbocycles. The summed E-state index contributed by atoms with van der Waals surface area (Å²) in [5.41, 5.74) is 6.07. The third kappa shape index (κ3) is 6.09. The van der Waals surface area contributed by atoms with E-state index in [1.807, 2.05) is 48.4 Å². The third-order valence-electron chi connectivity index (χ3n) is 8.33. The number of hydrogen-bond donors (Lipinski definition) is 2. The molecule has 0 bridgehead atoms. The minimum atomic E-state index is -0.0180. The summed E-state index contributed by atoms with van der Waals surface area (Å²) >= 11 is 0. The van der Waals surface area contributed by atoms with Gasteiger partial charge in [0.1, 0.15) is 5.82 Å². The van der Waals surface area contributed by atoms with E-state index < -0.39 is 0 Å². The van der Waals surface area contributed by atoms with Gasteiger partial charge in [-0.25, -0.2) is 4.98 Å². The average Bonchev–Trinajstić information content (AvgIpc) is 2.96. The lowest BCUT2D eigenvalue weighted by Gasteiger charge is -2.38. The van der Waals surface area contributed by atoms with Crippen LogP contribution >= 0.6 is 0 Å². The normalized spacial score (nSPS) is 19.9. The molecule has 5 rings (SSSR count). The summed E-state index contributed by atoms with van der Waals surface area (Å²) in [6.45, 7) is 9.39. The molecule has 7 nitrogen and oxygen atoms in total. The summed E-state index contributed by atoms with van der Waals surface area (Å²) < 4.78 is 0. The molecule has 39 heavy (non-hydrogen) atoms. The Bertz CT molecular complexity index is 1240. The fraction of sp³-hybridized carbons (Fsp3) is 0.469. The van der Waals surface area contributed by atoms with Crippen molar-refractivity contribution in [3.05, 3.63) is 82.8 Å². The van der Waals surface area contributed by atoms with Crippen molar-refractivity contribution in [1.82, 2.24) is 14.9 Å². The zero-order valence-electron chi connectivity index (χ0n) is 22.7. The van der Waals surface area contributed by atoms with Crippen LogP contribution in [0.5, 0.6) is 0 Å². The SMILES string of the molecule is C.Cc1cc(C)c(C(=O)N2CCC(c3ccccn3)[C@H](CO)C2)c(C)c1NC1CCN(c2ccccn2)CC1. The van der Waals surface area contributed by atoms with Crippen LogP contribution in [0, 0.1) is 26.7 Å². The molecule has 0 spiro atoms. The number of aryl methyl sites for hydroxylation is 2. The molecule has 2 aliphatic heterocycles. The summed E-state index contributed by atoms with van der Waals surface area (Å²) in [6, 6.07) is 14.5. The number of likely N-dealkylation sites (tertiary alicyclic amines) is 1. The highest BCUT2D eigenvalue weighted by molar-refractivity contribution is 5.99. The van der Waals surface area contributed by atoms with Crippen molar-refractivity contribution in [1.29, 1.82) is 0 Å².